The maximum atomic E-state index is 11.6. The molecular formula is C10H20N4OS. The average Bonchev–Trinajstić information content (AvgIpc) is 2.77. The highest BCUT2D eigenvalue weighted by atomic mass is 32.2. The third kappa shape index (κ3) is 2.81. The molecule has 2 aliphatic heterocycles. The average molecular weight is 244 g/mol. The van der Waals surface area contributed by atoms with Gasteiger partial charge in [0.2, 0.25) is 0 Å². The normalized spacial score (nSPS) is 27.1. The van der Waals surface area contributed by atoms with Crippen LogP contribution in [0.3, 0.4) is 0 Å². The lowest BCUT2D eigenvalue weighted by Gasteiger charge is -2.32. The molecule has 2 N–H and O–H groups in total. The van der Waals surface area contributed by atoms with Crippen molar-refractivity contribution in [1.82, 2.24) is 20.4 Å². The van der Waals surface area contributed by atoms with E-state index in [4.69, 9.17) is 0 Å². The first-order chi connectivity index (χ1) is 7.81. The molecule has 0 aromatic heterocycles. The van der Waals surface area contributed by atoms with Crippen LogP contribution in [0.5, 0.6) is 0 Å². The van der Waals surface area contributed by atoms with Crippen LogP contribution < -0.4 is 10.6 Å². The SMILES string of the molecule is CNC(=O)N1CSCC1CN1CCNCC1. The van der Waals surface area contributed by atoms with E-state index in [9.17, 15) is 4.79 Å². The van der Waals surface area contributed by atoms with Crippen molar-refractivity contribution in [3.05, 3.63) is 0 Å². The Bertz CT molecular complexity index is 245. The van der Waals surface area contributed by atoms with Gasteiger partial charge in [0.15, 0.2) is 0 Å². The zero-order valence-electron chi connectivity index (χ0n) is 9.74. The quantitative estimate of drug-likeness (QED) is 0.694. The van der Waals surface area contributed by atoms with Crippen molar-refractivity contribution < 1.29 is 4.79 Å². The number of thioether (sulfide) groups is 1. The number of hydrogen-bond acceptors (Lipinski definition) is 4. The fraction of sp³-hybridized carbons (Fsp3) is 0.900. The summed E-state index contributed by atoms with van der Waals surface area (Å²) in [6.07, 6.45) is 0. The van der Waals surface area contributed by atoms with E-state index in [0.717, 1.165) is 44.4 Å². The minimum atomic E-state index is 0.0603. The fourth-order valence-corrected chi connectivity index (χ4v) is 3.38. The lowest BCUT2D eigenvalue weighted by molar-refractivity contribution is 0.163. The summed E-state index contributed by atoms with van der Waals surface area (Å²) in [7, 11) is 1.70. The van der Waals surface area contributed by atoms with Crippen LogP contribution in [0.2, 0.25) is 0 Å². The Morgan fingerprint density at radius 2 is 2.25 bits per heavy atom. The molecule has 2 fully saturated rings. The molecule has 6 heteroatoms. The summed E-state index contributed by atoms with van der Waals surface area (Å²) < 4.78 is 0. The lowest BCUT2D eigenvalue weighted by atomic mass is 10.2. The molecular weight excluding hydrogens is 224 g/mol. The van der Waals surface area contributed by atoms with Crippen molar-refractivity contribution >= 4 is 17.8 Å². The third-order valence-electron chi connectivity index (χ3n) is 3.13. The van der Waals surface area contributed by atoms with Crippen molar-refractivity contribution in [2.45, 2.75) is 6.04 Å². The molecule has 2 rings (SSSR count). The van der Waals surface area contributed by atoms with Gasteiger partial charge < -0.3 is 15.5 Å². The van der Waals surface area contributed by atoms with E-state index in [1.165, 1.54) is 0 Å². The van der Waals surface area contributed by atoms with Crippen LogP contribution in [0.4, 0.5) is 4.79 Å². The molecule has 0 bridgehead atoms. The van der Waals surface area contributed by atoms with Crippen molar-refractivity contribution in [1.29, 1.82) is 0 Å². The molecule has 1 unspecified atom stereocenters. The number of urea groups is 1. The van der Waals surface area contributed by atoms with Crippen LogP contribution in [0, 0.1) is 0 Å². The lowest BCUT2D eigenvalue weighted by Crippen LogP contribution is -2.51. The van der Waals surface area contributed by atoms with E-state index >= 15 is 0 Å². The van der Waals surface area contributed by atoms with Gasteiger partial charge in [-0.05, 0) is 0 Å². The van der Waals surface area contributed by atoms with Crippen LogP contribution in [-0.4, -0.2) is 73.3 Å². The van der Waals surface area contributed by atoms with Crippen molar-refractivity contribution in [3.8, 4) is 0 Å². The Morgan fingerprint density at radius 3 is 2.94 bits per heavy atom. The Hall–Kier alpha value is -0.460. The highest BCUT2D eigenvalue weighted by Crippen LogP contribution is 2.21. The highest BCUT2D eigenvalue weighted by molar-refractivity contribution is 7.99. The van der Waals surface area contributed by atoms with Gasteiger partial charge in [-0.1, -0.05) is 0 Å². The summed E-state index contributed by atoms with van der Waals surface area (Å²) in [5.41, 5.74) is 0. The molecule has 0 aromatic carbocycles. The zero-order valence-corrected chi connectivity index (χ0v) is 10.6. The number of amides is 2. The van der Waals surface area contributed by atoms with Gasteiger partial charge in [-0.2, -0.15) is 0 Å². The Morgan fingerprint density at radius 1 is 1.50 bits per heavy atom. The van der Waals surface area contributed by atoms with Crippen LogP contribution in [-0.2, 0) is 0 Å². The monoisotopic (exact) mass is 244 g/mol. The third-order valence-corrected chi connectivity index (χ3v) is 4.22. The van der Waals surface area contributed by atoms with E-state index in [-0.39, 0.29) is 6.03 Å². The topological polar surface area (TPSA) is 47.6 Å². The number of hydrogen-bond donors (Lipinski definition) is 2. The van der Waals surface area contributed by atoms with Crippen LogP contribution >= 0.6 is 11.8 Å². The molecule has 1 atom stereocenters. The maximum Gasteiger partial charge on any atom is 0.318 e. The van der Waals surface area contributed by atoms with E-state index in [1.807, 2.05) is 16.7 Å². The number of piperazine rings is 1. The Labute approximate surface area is 101 Å². The van der Waals surface area contributed by atoms with Crippen molar-refractivity contribution in [3.63, 3.8) is 0 Å². The molecule has 2 amide bonds. The number of nitrogens with zero attached hydrogens (tertiary/aromatic N) is 2. The summed E-state index contributed by atoms with van der Waals surface area (Å²) in [5, 5.41) is 6.06. The van der Waals surface area contributed by atoms with Gasteiger partial charge in [-0.3, -0.25) is 4.90 Å². The molecule has 16 heavy (non-hydrogen) atoms. The van der Waals surface area contributed by atoms with E-state index in [2.05, 4.69) is 15.5 Å². The second-order valence-electron chi connectivity index (χ2n) is 4.23. The molecule has 5 nitrogen and oxygen atoms in total. The van der Waals surface area contributed by atoms with Gasteiger partial charge in [0, 0.05) is 45.5 Å². The van der Waals surface area contributed by atoms with Crippen LogP contribution in [0.1, 0.15) is 0 Å². The van der Waals surface area contributed by atoms with Gasteiger partial charge in [0.1, 0.15) is 0 Å². The summed E-state index contributed by atoms with van der Waals surface area (Å²) >= 11 is 1.85. The molecule has 0 aliphatic carbocycles. The number of nitrogens with one attached hydrogen (secondary N) is 2. The summed E-state index contributed by atoms with van der Waals surface area (Å²) in [4.78, 5) is 16.0. The highest BCUT2D eigenvalue weighted by Gasteiger charge is 2.30. The minimum absolute atomic E-state index is 0.0603. The maximum absolute atomic E-state index is 11.6. The van der Waals surface area contributed by atoms with Gasteiger partial charge in [0.05, 0.1) is 11.9 Å². The molecule has 0 saturated carbocycles. The van der Waals surface area contributed by atoms with Gasteiger partial charge in [0.25, 0.3) is 0 Å². The van der Waals surface area contributed by atoms with Gasteiger partial charge >= 0.3 is 6.03 Å². The Balaban J connectivity index is 1.85. The molecule has 0 aromatic rings. The molecule has 2 heterocycles. The smallest absolute Gasteiger partial charge is 0.318 e. The fourth-order valence-electron chi connectivity index (χ4n) is 2.19. The summed E-state index contributed by atoms with van der Waals surface area (Å²) in [5.74, 6) is 1.90. The Kier molecular flexibility index (Phi) is 4.31. The zero-order chi connectivity index (χ0) is 11.4. The second-order valence-corrected chi connectivity index (χ2v) is 5.23. The van der Waals surface area contributed by atoms with Gasteiger partial charge in [-0.25, -0.2) is 4.79 Å². The number of carbonyl (C=O) groups excluding carboxylic acids is 1. The standard InChI is InChI=1S/C10H20N4OS/c1-11-10(15)14-8-16-7-9(14)6-13-4-2-12-3-5-13/h9,12H,2-8H2,1H3,(H,11,15). The van der Waals surface area contributed by atoms with E-state index in [0.29, 0.717) is 6.04 Å². The minimum Gasteiger partial charge on any atom is -0.341 e. The van der Waals surface area contributed by atoms with Crippen molar-refractivity contribution in [2.75, 3.05) is 51.4 Å². The van der Waals surface area contributed by atoms with E-state index < -0.39 is 0 Å². The predicted octanol–water partition coefficient (Wildman–Crippen LogP) is -0.394. The first-order valence-electron chi connectivity index (χ1n) is 5.80. The van der Waals surface area contributed by atoms with Crippen molar-refractivity contribution in [2.24, 2.45) is 0 Å². The van der Waals surface area contributed by atoms with Gasteiger partial charge in [-0.15, -0.1) is 11.8 Å². The van der Waals surface area contributed by atoms with Crippen LogP contribution in [0.25, 0.3) is 0 Å². The van der Waals surface area contributed by atoms with E-state index in [1.54, 1.807) is 7.05 Å². The molecule has 0 radical (unpaired) electrons. The second kappa shape index (κ2) is 5.75. The summed E-state index contributed by atoms with van der Waals surface area (Å²) in [6, 6.07) is 0.438. The molecule has 92 valence electrons. The largest absolute Gasteiger partial charge is 0.341 e. The molecule has 0 spiro atoms. The number of carbonyl (C=O) groups is 1. The first-order valence-corrected chi connectivity index (χ1v) is 6.96. The molecule has 2 aliphatic rings. The van der Waals surface area contributed by atoms with Crippen LogP contribution in [0.15, 0.2) is 0 Å². The first kappa shape index (κ1) is 12.0. The number of rotatable bonds is 2. The summed E-state index contributed by atoms with van der Waals surface area (Å²) in [6.45, 7) is 5.35. The molecule has 2 saturated heterocycles. The predicted molar refractivity (Wildman–Crippen MR) is 66.7 cm³/mol.